The highest BCUT2D eigenvalue weighted by atomic mass is 32.1. The Hall–Kier alpha value is -4.17. The van der Waals surface area contributed by atoms with Crippen molar-refractivity contribution in [3.8, 4) is 0 Å². The summed E-state index contributed by atoms with van der Waals surface area (Å²) in [4.78, 5) is 28.1. The van der Waals surface area contributed by atoms with Crippen LogP contribution < -0.4 is 21.3 Å². The van der Waals surface area contributed by atoms with Crippen LogP contribution in [0.5, 0.6) is 0 Å². The molecule has 1 saturated carbocycles. The molecule has 14 heteroatoms. The maximum Gasteiger partial charge on any atom is 0.416 e. The molecule has 5 rings (SSSR count). The van der Waals surface area contributed by atoms with E-state index in [9.17, 15) is 27.2 Å². The van der Waals surface area contributed by atoms with Crippen LogP contribution in [0.4, 0.5) is 40.4 Å². The summed E-state index contributed by atoms with van der Waals surface area (Å²) in [6, 6.07) is 7.11. The van der Waals surface area contributed by atoms with Crippen LogP contribution in [0, 0.1) is 5.82 Å². The summed E-state index contributed by atoms with van der Waals surface area (Å²) in [5.74, 6) is -1.51. The van der Waals surface area contributed by atoms with Gasteiger partial charge in [0, 0.05) is 40.9 Å². The van der Waals surface area contributed by atoms with Crippen molar-refractivity contribution >= 4 is 56.2 Å². The van der Waals surface area contributed by atoms with Gasteiger partial charge >= 0.3 is 6.18 Å². The third-order valence-corrected chi connectivity index (χ3v) is 8.20. The number of H-pyrrole nitrogens is 1. The van der Waals surface area contributed by atoms with Crippen molar-refractivity contribution in [2.45, 2.75) is 44.4 Å². The van der Waals surface area contributed by atoms with Crippen LogP contribution in [-0.2, 0) is 6.18 Å². The number of halogens is 4. The molecule has 2 aromatic carbocycles. The average molecular weight is 618 g/mol. The molecule has 9 nitrogen and oxygen atoms in total. The highest BCUT2D eigenvalue weighted by Crippen LogP contribution is 2.35. The summed E-state index contributed by atoms with van der Waals surface area (Å²) in [5, 5.41) is 20.0. The van der Waals surface area contributed by atoms with Crippen molar-refractivity contribution in [2.24, 2.45) is 0 Å². The van der Waals surface area contributed by atoms with E-state index in [0.29, 0.717) is 30.3 Å². The smallest absolute Gasteiger partial charge is 0.385 e. The highest BCUT2D eigenvalue weighted by Gasteiger charge is 2.32. The van der Waals surface area contributed by atoms with Gasteiger partial charge in [-0.3, -0.25) is 14.7 Å². The molecular weight excluding hydrogens is 586 g/mol. The SMILES string of the molecule is CC(CCNc1cc(C(=O)Nc2ccc(F)c(NC(=O)c3csc4c(NC5CC5)n[nH]c34)c2)cc(C(F)(F)F)c1)N(C)C. The van der Waals surface area contributed by atoms with E-state index in [0.717, 1.165) is 35.7 Å². The third kappa shape index (κ3) is 7.25. The van der Waals surface area contributed by atoms with Gasteiger partial charge in [-0.05, 0) is 76.7 Å². The molecule has 0 radical (unpaired) electrons. The van der Waals surface area contributed by atoms with Gasteiger partial charge in [-0.25, -0.2) is 4.39 Å². The van der Waals surface area contributed by atoms with E-state index in [1.54, 1.807) is 5.38 Å². The van der Waals surface area contributed by atoms with Gasteiger partial charge in [0.15, 0.2) is 5.82 Å². The first kappa shape index (κ1) is 30.3. The summed E-state index contributed by atoms with van der Waals surface area (Å²) < 4.78 is 56.3. The van der Waals surface area contributed by atoms with Crippen molar-refractivity contribution in [1.82, 2.24) is 15.1 Å². The number of thiophene rings is 1. The van der Waals surface area contributed by atoms with Crippen LogP contribution in [0.2, 0.25) is 0 Å². The Kier molecular flexibility index (Phi) is 8.60. The average Bonchev–Trinajstić information content (AvgIpc) is 3.53. The lowest BCUT2D eigenvalue weighted by Crippen LogP contribution is -2.26. The van der Waals surface area contributed by atoms with E-state index in [1.165, 1.54) is 29.5 Å². The van der Waals surface area contributed by atoms with Crippen molar-refractivity contribution in [3.05, 3.63) is 64.3 Å². The molecule has 1 aliphatic carbocycles. The molecule has 1 aliphatic rings. The molecular formula is C29H31F4N7O2S. The lowest BCUT2D eigenvalue weighted by molar-refractivity contribution is -0.137. The number of anilines is 4. The van der Waals surface area contributed by atoms with Gasteiger partial charge in [0.1, 0.15) is 5.82 Å². The highest BCUT2D eigenvalue weighted by molar-refractivity contribution is 7.18. The molecule has 5 N–H and O–H groups in total. The summed E-state index contributed by atoms with van der Waals surface area (Å²) in [6.07, 6.45) is -1.89. The van der Waals surface area contributed by atoms with Gasteiger partial charge in [-0.1, -0.05) is 0 Å². The van der Waals surface area contributed by atoms with Crippen LogP contribution in [0.25, 0.3) is 10.2 Å². The number of hydrogen-bond donors (Lipinski definition) is 5. The molecule has 0 saturated heterocycles. The molecule has 0 spiro atoms. The van der Waals surface area contributed by atoms with Gasteiger partial charge in [0.05, 0.1) is 27.0 Å². The number of hydrogen-bond acceptors (Lipinski definition) is 7. The van der Waals surface area contributed by atoms with E-state index in [-0.39, 0.29) is 34.2 Å². The van der Waals surface area contributed by atoms with E-state index in [4.69, 9.17) is 0 Å². The summed E-state index contributed by atoms with van der Waals surface area (Å²) in [7, 11) is 3.82. The van der Waals surface area contributed by atoms with Gasteiger partial charge in [0.25, 0.3) is 11.8 Å². The van der Waals surface area contributed by atoms with Gasteiger partial charge in [0.2, 0.25) is 0 Å². The quantitative estimate of drug-likeness (QED) is 0.121. The number of nitrogens with zero attached hydrogens (tertiary/aromatic N) is 2. The number of rotatable bonds is 11. The molecule has 4 aromatic rings. The van der Waals surface area contributed by atoms with Crippen molar-refractivity contribution in [2.75, 3.05) is 41.9 Å². The standard InChI is InChI=1S/C29H31F4N7O2S/c1-15(40(2)3)8-9-34-20-11-16(10-17(12-20)29(31,32)33)27(41)36-19-6-7-22(30)23(13-19)37-28(42)21-14-43-25-24(21)38-39-26(25)35-18-4-5-18/h6-7,10-15,18,34H,4-5,8-9H2,1-3H3,(H,36,41)(H,37,42)(H2,35,38,39). The van der Waals surface area contributed by atoms with Crippen LogP contribution in [-0.4, -0.2) is 59.6 Å². The van der Waals surface area contributed by atoms with Crippen LogP contribution >= 0.6 is 11.3 Å². The number of fused-ring (bicyclic) bond motifs is 1. The number of aromatic nitrogens is 2. The Balaban J connectivity index is 1.30. The Morgan fingerprint density at radius 1 is 1.09 bits per heavy atom. The number of aromatic amines is 1. The maximum atomic E-state index is 14.7. The summed E-state index contributed by atoms with van der Waals surface area (Å²) >= 11 is 1.33. The van der Waals surface area contributed by atoms with Crippen LogP contribution in [0.1, 0.15) is 52.5 Å². The minimum absolute atomic E-state index is 0.0846. The first-order valence-electron chi connectivity index (χ1n) is 13.7. The normalized spacial score (nSPS) is 14.1. The zero-order valence-electron chi connectivity index (χ0n) is 23.7. The van der Waals surface area contributed by atoms with Crippen LogP contribution in [0.3, 0.4) is 0 Å². The van der Waals surface area contributed by atoms with E-state index >= 15 is 0 Å². The zero-order valence-corrected chi connectivity index (χ0v) is 24.5. The molecule has 0 bridgehead atoms. The zero-order chi connectivity index (χ0) is 30.9. The Labute approximate surface area is 249 Å². The molecule has 2 aromatic heterocycles. The first-order valence-corrected chi connectivity index (χ1v) is 14.5. The minimum atomic E-state index is -4.67. The second-order valence-electron chi connectivity index (χ2n) is 10.8. The predicted octanol–water partition coefficient (Wildman–Crippen LogP) is 6.61. The van der Waals surface area contributed by atoms with Gasteiger partial charge in [-0.15, -0.1) is 11.3 Å². The molecule has 43 heavy (non-hydrogen) atoms. The molecule has 2 heterocycles. The number of nitrogens with one attached hydrogen (secondary N) is 5. The second kappa shape index (κ2) is 12.2. The molecule has 1 atom stereocenters. The number of carbonyl (C=O) groups is 2. The van der Waals surface area contributed by atoms with Crippen molar-refractivity contribution in [3.63, 3.8) is 0 Å². The Bertz CT molecular complexity index is 1650. The summed E-state index contributed by atoms with van der Waals surface area (Å²) in [6.45, 7) is 2.39. The topological polar surface area (TPSA) is 114 Å². The Morgan fingerprint density at radius 3 is 2.56 bits per heavy atom. The lowest BCUT2D eigenvalue weighted by atomic mass is 10.1. The largest absolute Gasteiger partial charge is 0.416 e. The van der Waals surface area contributed by atoms with E-state index in [2.05, 4.69) is 31.5 Å². The number of benzene rings is 2. The molecule has 0 aliphatic heterocycles. The minimum Gasteiger partial charge on any atom is -0.385 e. The fourth-order valence-electron chi connectivity index (χ4n) is 4.29. The number of amides is 2. The lowest BCUT2D eigenvalue weighted by Gasteiger charge is -2.20. The Morgan fingerprint density at radius 2 is 1.86 bits per heavy atom. The third-order valence-electron chi connectivity index (χ3n) is 7.22. The second-order valence-corrected chi connectivity index (χ2v) is 11.7. The fraction of sp³-hybridized carbons (Fsp3) is 0.345. The first-order chi connectivity index (χ1) is 20.4. The molecule has 2 amide bonds. The molecule has 1 fully saturated rings. The van der Waals surface area contributed by atoms with Crippen molar-refractivity contribution < 1.29 is 27.2 Å². The molecule has 1 unspecified atom stereocenters. The van der Waals surface area contributed by atoms with E-state index < -0.39 is 29.4 Å². The maximum absolute atomic E-state index is 14.7. The number of carbonyl (C=O) groups excluding carboxylic acids is 2. The predicted molar refractivity (Wildman–Crippen MR) is 161 cm³/mol. The van der Waals surface area contributed by atoms with E-state index in [1.807, 2.05) is 25.9 Å². The number of alkyl halides is 3. The van der Waals surface area contributed by atoms with Gasteiger partial charge in [-0.2, -0.15) is 18.3 Å². The molecule has 228 valence electrons. The fourth-order valence-corrected chi connectivity index (χ4v) is 5.24. The van der Waals surface area contributed by atoms with Crippen molar-refractivity contribution in [1.29, 1.82) is 0 Å². The monoisotopic (exact) mass is 617 g/mol. The summed E-state index contributed by atoms with van der Waals surface area (Å²) in [5.41, 5.74) is -0.403. The van der Waals surface area contributed by atoms with Gasteiger partial charge < -0.3 is 26.2 Å². The van der Waals surface area contributed by atoms with Crippen LogP contribution in [0.15, 0.2) is 41.8 Å².